The van der Waals surface area contributed by atoms with Crippen LogP contribution in [0, 0.1) is 5.92 Å². The maximum absolute atomic E-state index is 6.20. The fourth-order valence-corrected chi connectivity index (χ4v) is 4.16. The highest BCUT2D eigenvalue weighted by Crippen LogP contribution is 2.36. The number of nitrogens with zero attached hydrogens (tertiary/aromatic N) is 1. The monoisotopic (exact) mass is 322 g/mol. The Kier molecular flexibility index (Phi) is 3.71. The molecule has 0 bridgehead atoms. The quantitative estimate of drug-likeness (QED) is 0.907. The van der Waals surface area contributed by atoms with Crippen LogP contribution < -0.4 is 5.73 Å². The number of nitrogens with two attached hydrogens (primary N) is 1. The van der Waals surface area contributed by atoms with Gasteiger partial charge in [-0.2, -0.15) is 0 Å². The van der Waals surface area contributed by atoms with Crippen LogP contribution in [0.3, 0.4) is 0 Å². The first-order valence-corrected chi connectivity index (χ1v) is 8.15. The summed E-state index contributed by atoms with van der Waals surface area (Å²) in [5, 5.41) is 0. The molecule has 1 aliphatic heterocycles. The number of fused-ring (bicyclic) bond motifs is 1. The van der Waals surface area contributed by atoms with Gasteiger partial charge >= 0.3 is 0 Å². The summed E-state index contributed by atoms with van der Waals surface area (Å²) in [6.45, 7) is 5.60. The van der Waals surface area contributed by atoms with Crippen molar-refractivity contribution in [3.8, 4) is 0 Å². The third kappa shape index (κ3) is 2.48. The molecular weight excluding hydrogens is 300 g/mol. The first-order chi connectivity index (χ1) is 9.13. The molecule has 0 amide bonds. The Bertz CT molecular complexity index is 474. The Morgan fingerprint density at radius 2 is 2.26 bits per heavy atom. The highest BCUT2D eigenvalue weighted by atomic mass is 79.9. The first kappa shape index (κ1) is 13.6. The van der Waals surface area contributed by atoms with E-state index in [2.05, 4.69) is 46.0 Å². The molecule has 1 aromatic carbocycles. The fraction of sp³-hybridized carbons (Fsp3) is 0.625. The second kappa shape index (κ2) is 5.19. The van der Waals surface area contributed by atoms with Crippen molar-refractivity contribution in [2.24, 2.45) is 11.7 Å². The van der Waals surface area contributed by atoms with Crippen molar-refractivity contribution in [2.75, 3.05) is 19.6 Å². The molecule has 104 valence electrons. The summed E-state index contributed by atoms with van der Waals surface area (Å²) in [6, 6.07) is 6.73. The van der Waals surface area contributed by atoms with E-state index < -0.39 is 0 Å². The minimum absolute atomic E-state index is 0.214. The molecule has 2 unspecified atom stereocenters. The molecule has 1 fully saturated rings. The van der Waals surface area contributed by atoms with Crippen molar-refractivity contribution in [2.45, 2.75) is 38.1 Å². The lowest BCUT2D eigenvalue weighted by molar-refractivity contribution is 0.103. The van der Waals surface area contributed by atoms with Gasteiger partial charge in [-0.1, -0.05) is 28.9 Å². The molecule has 1 heterocycles. The van der Waals surface area contributed by atoms with Crippen molar-refractivity contribution >= 4 is 15.9 Å². The summed E-state index contributed by atoms with van der Waals surface area (Å²) in [4.78, 5) is 2.67. The van der Waals surface area contributed by atoms with Gasteiger partial charge in [-0.15, -0.1) is 0 Å². The largest absolute Gasteiger partial charge is 0.329 e. The topological polar surface area (TPSA) is 29.3 Å². The summed E-state index contributed by atoms with van der Waals surface area (Å²) in [5.74, 6) is 0.828. The SMILES string of the molecule is CC1CCN(C2(CN)CCc3cc(Br)ccc3C2)C1. The molecule has 19 heavy (non-hydrogen) atoms. The van der Waals surface area contributed by atoms with Crippen LogP contribution in [0.25, 0.3) is 0 Å². The van der Waals surface area contributed by atoms with Crippen molar-refractivity contribution in [3.05, 3.63) is 33.8 Å². The van der Waals surface area contributed by atoms with Gasteiger partial charge in [-0.05, 0) is 61.4 Å². The zero-order valence-corrected chi connectivity index (χ0v) is 13.2. The number of likely N-dealkylation sites (tertiary alicyclic amines) is 1. The van der Waals surface area contributed by atoms with Crippen molar-refractivity contribution in [3.63, 3.8) is 0 Å². The van der Waals surface area contributed by atoms with Crippen molar-refractivity contribution in [1.82, 2.24) is 4.90 Å². The molecule has 0 radical (unpaired) electrons. The van der Waals surface area contributed by atoms with E-state index in [9.17, 15) is 0 Å². The van der Waals surface area contributed by atoms with Gasteiger partial charge < -0.3 is 5.73 Å². The standard InChI is InChI=1S/C16H23BrN2/c1-12-5-7-19(10-12)16(11-18)6-4-13-8-15(17)3-2-14(13)9-16/h2-3,8,12H,4-7,9-11,18H2,1H3. The predicted octanol–water partition coefficient (Wildman–Crippen LogP) is 2.98. The zero-order valence-electron chi connectivity index (χ0n) is 11.7. The molecular formula is C16H23BrN2. The predicted molar refractivity (Wildman–Crippen MR) is 83.3 cm³/mol. The molecule has 2 N–H and O–H groups in total. The average molecular weight is 323 g/mol. The van der Waals surface area contributed by atoms with Gasteiger partial charge in [-0.3, -0.25) is 4.90 Å². The molecule has 1 aliphatic carbocycles. The molecule has 2 aliphatic rings. The lowest BCUT2D eigenvalue weighted by Gasteiger charge is -2.45. The van der Waals surface area contributed by atoms with E-state index in [1.54, 1.807) is 0 Å². The minimum Gasteiger partial charge on any atom is -0.329 e. The van der Waals surface area contributed by atoms with E-state index in [0.717, 1.165) is 25.3 Å². The van der Waals surface area contributed by atoms with Crippen LogP contribution in [-0.2, 0) is 12.8 Å². The molecule has 1 aromatic rings. The maximum Gasteiger partial charge on any atom is 0.0375 e. The molecule has 2 nitrogen and oxygen atoms in total. The molecule has 3 heteroatoms. The minimum atomic E-state index is 0.214. The Hall–Kier alpha value is -0.380. The third-order valence-corrected chi connectivity index (χ3v) is 5.52. The normalized spacial score (nSPS) is 31.4. The van der Waals surface area contributed by atoms with E-state index in [4.69, 9.17) is 5.73 Å². The Balaban J connectivity index is 1.87. The van der Waals surface area contributed by atoms with E-state index in [0.29, 0.717) is 0 Å². The highest BCUT2D eigenvalue weighted by molar-refractivity contribution is 9.10. The number of hydrogen-bond donors (Lipinski definition) is 1. The van der Waals surface area contributed by atoms with Crippen molar-refractivity contribution in [1.29, 1.82) is 0 Å². The van der Waals surface area contributed by atoms with Crippen LogP contribution in [0.4, 0.5) is 0 Å². The Labute approximate surface area is 124 Å². The van der Waals surface area contributed by atoms with E-state index >= 15 is 0 Å². The first-order valence-electron chi connectivity index (χ1n) is 7.35. The van der Waals surface area contributed by atoms with Crippen LogP contribution in [0.2, 0.25) is 0 Å². The summed E-state index contributed by atoms with van der Waals surface area (Å²) in [5.41, 5.74) is 9.42. The van der Waals surface area contributed by atoms with Gasteiger partial charge in [0.25, 0.3) is 0 Å². The second-order valence-corrected chi connectivity index (χ2v) is 7.27. The van der Waals surface area contributed by atoms with Gasteiger partial charge in [0, 0.05) is 23.1 Å². The lowest BCUT2D eigenvalue weighted by Crippen LogP contribution is -2.56. The van der Waals surface area contributed by atoms with Crippen LogP contribution >= 0.6 is 15.9 Å². The Morgan fingerprint density at radius 3 is 2.95 bits per heavy atom. The summed E-state index contributed by atoms with van der Waals surface area (Å²) < 4.78 is 1.20. The molecule has 1 saturated heterocycles. The van der Waals surface area contributed by atoms with Gasteiger partial charge in [0.15, 0.2) is 0 Å². The number of hydrogen-bond acceptors (Lipinski definition) is 2. The molecule has 3 rings (SSSR count). The summed E-state index contributed by atoms with van der Waals surface area (Å²) in [6.07, 6.45) is 4.82. The van der Waals surface area contributed by atoms with Gasteiger partial charge in [0.05, 0.1) is 0 Å². The smallest absolute Gasteiger partial charge is 0.0375 e. The van der Waals surface area contributed by atoms with Crippen LogP contribution in [0.1, 0.15) is 30.9 Å². The Morgan fingerprint density at radius 1 is 1.42 bits per heavy atom. The molecule has 0 aromatic heterocycles. The third-order valence-electron chi connectivity index (χ3n) is 5.02. The number of halogens is 1. The zero-order chi connectivity index (χ0) is 13.5. The van der Waals surface area contributed by atoms with Crippen LogP contribution in [0.15, 0.2) is 22.7 Å². The maximum atomic E-state index is 6.20. The van der Waals surface area contributed by atoms with Gasteiger partial charge in [0.2, 0.25) is 0 Å². The summed E-state index contributed by atoms with van der Waals surface area (Å²) in [7, 11) is 0. The molecule has 2 atom stereocenters. The summed E-state index contributed by atoms with van der Waals surface area (Å²) >= 11 is 3.58. The van der Waals surface area contributed by atoms with Crippen LogP contribution in [-0.4, -0.2) is 30.1 Å². The van der Waals surface area contributed by atoms with E-state index in [1.165, 1.54) is 41.5 Å². The van der Waals surface area contributed by atoms with Gasteiger partial charge in [0.1, 0.15) is 0 Å². The lowest BCUT2D eigenvalue weighted by atomic mass is 9.77. The van der Waals surface area contributed by atoms with E-state index in [1.807, 2.05) is 0 Å². The molecule has 0 spiro atoms. The number of aryl methyl sites for hydroxylation is 1. The fourth-order valence-electron chi connectivity index (χ4n) is 3.75. The number of rotatable bonds is 2. The second-order valence-electron chi connectivity index (χ2n) is 6.36. The average Bonchev–Trinajstić information content (AvgIpc) is 2.85. The van der Waals surface area contributed by atoms with E-state index in [-0.39, 0.29) is 5.54 Å². The number of benzene rings is 1. The van der Waals surface area contributed by atoms with Gasteiger partial charge in [-0.25, -0.2) is 0 Å². The van der Waals surface area contributed by atoms with Crippen LogP contribution in [0.5, 0.6) is 0 Å². The molecule has 0 saturated carbocycles. The van der Waals surface area contributed by atoms with Crippen molar-refractivity contribution < 1.29 is 0 Å². The highest BCUT2D eigenvalue weighted by Gasteiger charge is 2.40.